The maximum absolute atomic E-state index is 12.6. The largest absolute Gasteiger partial charge is 0.356 e. The molecule has 2 aromatic rings. The number of hydrogen-bond acceptors (Lipinski definition) is 4. The molecule has 0 spiro atoms. The number of amides is 3. The van der Waals surface area contributed by atoms with Crippen LogP contribution in [-0.2, 0) is 11.2 Å². The van der Waals surface area contributed by atoms with Gasteiger partial charge in [-0.3, -0.25) is 4.79 Å². The van der Waals surface area contributed by atoms with Gasteiger partial charge in [0, 0.05) is 50.0 Å². The Kier molecular flexibility index (Phi) is 6.67. The molecule has 28 heavy (non-hydrogen) atoms. The first-order chi connectivity index (χ1) is 13.4. The van der Waals surface area contributed by atoms with Crippen LogP contribution in [0.15, 0.2) is 23.6 Å². The van der Waals surface area contributed by atoms with E-state index in [1.165, 1.54) is 6.92 Å². The molecule has 1 saturated heterocycles. The van der Waals surface area contributed by atoms with Gasteiger partial charge in [0.2, 0.25) is 5.91 Å². The smallest absolute Gasteiger partial charge is 0.321 e. The first kappa shape index (κ1) is 20.3. The van der Waals surface area contributed by atoms with E-state index in [2.05, 4.69) is 22.1 Å². The summed E-state index contributed by atoms with van der Waals surface area (Å²) in [6, 6.07) is 6.07. The number of nitrogens with zero attached hydrogens (tertiary/aromatic N) is 2. The molecule has 0 aliphatic carbocycles. The second-order valence-corrected chi connectivity index (χ2v) is 8.31. The Balaban J connectivity index is 1.50. The molecule has 150 valence electrons. The molecule has 7 heteroatoms. The van der Waals surface area contributed by atoms with Crippen molar-refractivity contribution < 1.29 is 9.59 Å². The number of carbonyl (C=O) groups excluding carboxylic acids is 2. The number of hydrogen-bond donors (Lipinski definition) is 2. The molecule has 1 fully saturated rings. The van der Waals surface area contributed by atoms with Crippen LogP contribution in [0.25, 0.3) is 0 Å². The van der Waals surface area contributed by atoms with Gasteiger partial charge in [-0.15, -0.1) is 11.3 Å². The second-order valence-electron chi connectivity index (χ2n) is 7.42. The van der Waals surface area contributed by atoms with Crippen molar-refractivity contribution in [2.24, 2.45) is 0 Å². The van der Waals surface area contributed by atoms with E-state index in [0.717, 1.165) is 59.9 Å². The summed E-state index contributed by atoms with van der Waals surface area (Å²) in [6.07, 6.45) is 2.62. The summed E-state index contributed by atoms with van der Waals surface area (Å²) in [7, 11) is 0. The van der Waals surface area contributed by atoms with E-state index in [1.54, 1.807) is 11.3 Å². The number of thiazole rings is 1. The third kappa shape index (κ3) is 5.32. The fourth-order valence-corrected chi connectivity index (χ4v) is 4.41. The lowest BCUT2D eigenvalue weighted by Crippen LogP contribution is -2.40. The summed E-state index contributed by atoms with van der Waals surface area (Å²) >= 11 is 1.69. The van der Waals surface area contributed by atoms with Crippen LogP contribution in [0.3, 0.4) is 0 Å². The van der Waals surface area contributed by atoms with Gasteiger partial charge >= 0.3 is 6.03 Å². The summed E-state index contributed by atoms with van der Waals surface area (Å²) in [5.74, 6) is 0.395. The highest BCUT2D eigenvalue weighted by atomic mass is 32.1. The summed E-state index contributed by atoms with van der Waals surface area (Å²) < 4.78 is 0. The molecule has 1 aromatic carbocycles. The summed E-state index contributed by atoms with van der Waals surface area (Å²) in [5.41, 5.74) is 4.13. The lowest BCUT2D eigenvalue weighted by atomic mass is 9.98. The molecule has 2 heterocycles. The van der Waals surface area contributed by atoms with Crippen molar-refractivity contribution in [3.05, 3.63) is 45.4 Å². The molecule has 1 aromatic heterocycles. The van der Waals surface area contributed by atoms with Gasteiger partial charge in [-0.1, -0.05) is 12.1 Å². The van der Waals surface area contributed by atoms with Gasteiger partial charge in [0.25, 0.3) is 0 Å². The van der Waals surface area contributed by atoms with Crippen LogP contribution in [-0.4, -0.2) is 41.5 Å². The topological polar surface area (TPSA) is 74.3 Å². The summed E-state index contributed by atoms with van der Waals surface area (Å²) in [4.78, 5) is 30.2. The van der Waals surface area contributed by atoms with E-state index in [4.69, 9.17) is 4.98 Å². The molecular weight excluding hydrogens is 372 g/mol. The minimum absolute atomic E-state index is 0.0121. The third-order valence-electron chi connectivity index (χ3n) is 5.09. The molecule has 0 radical (unpaired) electrons. The number of benzene rings is 1. The van der Waals surface area contributed by atoms with Crippen molar-refractivity contribution >= 4 is 29.0 Å². The van der Waals surface area contributed by atoms with Crippen molar-refractivity contribution in [2.45, 2.75) is 46.0 Å². The molecule has 3 rings (SSSR count). The van der Waals surface area contributed by atoms with Gasteiger partial charge < -0.3 is 15.5 Å². The van der Waals surface area contributed by atoms with E-state index in [1.807, 2.05) is 30.9 Å². The van der Waals surface area contributed by atoms with Crippen molar-refractivity contribution in [2.75, 3.05) is 25.0 Å². The number of aryl methyl sites for hydroxylation is 2. The average Bonchev–Trinajstić information content (AvgIpc) is 3.13. The van der Waals surface area contributed by atoms with Gasteiger partial charge in [0.1, 0.15) is 0 Å². The minimum Gasteiger partial charge on any atom is -0.356 e. The molecular formula is C21H28N4O2S. The Bertz CT molecular complexity index is 841. The van der Waals surface area contributed by atoms with Crippen molar-refractivity contribution in [1.82, 2.24) is 15.2 Å². The molecule has 2 N–H and O–H groups in total. The highest BCUT2D eigenvalue weighted by molar-refractivity contribution is 7.09. The van der Waals surface area contributed by atoms with Gasteiger partial charge in [0.15, 0.2) is 0 Å². The Morgan fingerprint density at radius 1 is 1.25 bits per heavy atom. The van der Waals surface area contributed by atoms with Crippen molar-refractivity contribution in [3.8, 4) is 0 Å². The SMILES string of the molecule is CC(=O)NCCc1csc(C2CCN(C(=O)Nc3cc(C)ccc3C)CC2)n1. The standard InChI is InChI=1S/C21H28N4O2S/c1-14-4-5-15(2)19(12-14)24-21(27)25-10-7-17(8-11-25)20-23-18(13-28-20)6-9-22-16(3)26/h4-5,12-13,17H,6-11H2,1-3H3,(H,22,26)(H,24,27). The maximum atomic E-state index is 12.6. The van der Waals surface area contributed by atoms with Gasteiger partial charge in [0.05, 0.1) is 10.7 Å². The third-order valence-corrected chi connectivity index (χ3v) is 6.15. The van der Waals surface area contributed by atoms with Crippen LogP contribution >= 0.6 is 11.3 Å². The number of likely N-dealkylation sites (tertiary alicyclic amines) is 1. The van der Waals surface area contributed by atoms with E-state index in [0.29, 0.717) is 12.5 Å². The van der Waals surface area contributed by atoms with Crippen LogP contribution in [0.4, 0.5) is 10.5 Å². The highest BCUT2D eigenvalue weighted by Crippen LogP contribution is 2.30. The Hall–Kier alpha value is -2.41. The lowest BCUT2D eigenvalue weighted by molar-refractivity contribution is -0.118. The Morgan fingerprint density at radius 2 is 2.00 bits per heavy atom. The van der Waals surface area contributed by atoms with E-state index >= 15 is 0 Å². The molecule has 0 atom stereocenters. The fraction of sp³-hybridized carbons (Fsp3) is 0.476. The minimum atomic E-state index is -0.0257. The number of aromatic nitrogens is 1. The fourth-order valence-electron chi connectivity index (χ4n) is 3.39. The van der Waals surface area contributed by atoms with Crippen LogP contribution in [0.2, 0.25) is 0 Å². The van der Waals surface area contributed by atoms with Crippen LogP contribution < -0.4 is 10.6 Å². The zero-order chi connectivity index (χ0) is 20.1. The quantitative estimate of drug-likeness (QED) is 0.801. The monoisotopic (exact) mass is 400 g/mol. The second kappa shape index (κ2) is 9.19. The van der Waals surface area contributed by atoms with Crippen molar-refractivity contribution in [1.29, 1.82) is 0 Å². The van der Waals surface area contributed by atoms with Crippen LogP contribution in [0.1, 0.15) is 47.5 Å². The molecule has 1 aliphatic heterocycles. The molecule has 1 aliphatic rings. The highest BCUT2D eigenvalue weighted by Gasteiger charge is 2.26. The van der Waals surface area contributed by atoms with E-state index in [9.17, 15) is 9.59 Å². The van der Waals surface area contributed by atoms with Gasteiger partial charge in [-0.2, -0.15) is 0 Å². The molecule has 6 nitrogen and oxygen atoms in total. The molecule has 0 bridgehead atoms. The number of nitrogens with one attached hydrogen (secondary N) is 2. The predicted molar refractivity (Wildman–Crippen MR) is 113 cm³/mol. The molecule has 0 unspecified atom stereocenters. The number of urea groups is 1. The average molecular weight is 401 g/mol. The number of piperidine rings is 1. The Morgan fingerprint density at radius 3 is 2.71 bits per heavy atom. The summed E-state index contributed by atoms with van der Waals surface area (Å²) in [5, 5.41) is 9.08. The lowest BCUT2D eigenvalue weighted by Gasteiger charge is -2.31. The maximum Gasteiger partial charge on any atom is 0.321 e. The predicted octanol–water partition coefficient (Wildman–Crippen LogP) is 3.85. The van der Waals surface area contributed by atoms with E-state index < -0.39 is 0 Å². The zero-order valence-corrected chi connectivity index (χ0v) is 17.6. The first-order valence-electron chi connectivity index (χ1n) is 9.74. The normalized spacial score (nSPS) is 14.8. The van der Waals surface area contributed by atoms with Crippen LogP contribution in [0.5, 0.6) is 0 Å². The zero-order valence-electron chi connectivity index (χ0n) is 16.7. The number of rotatable bonds is 5. The van der Waals surface area contributed by atoms with Gasteiger partial charge in [-0.25, -0.2) is 9.78 Å². The summed E-state index contributed by atoms with van der Waals surface area (Å²) in [6.45, 7) is 7.66. The number of anilines is 1. The van der Waals surface area contributed by atoms with Gasteiger partial charge in [-0.05, 0) is 43.9 Å². The molecule has 3 amide bonds. The van der Waals surface area contributed by atoms with Crippen molar-refractivity contribution in [3.63, 3.8) is 0 Å². The van der Waals surface area contributed by atoms with Crippen LogP contribution in [0, 0.1) is 13.8 Å². The van der Waals surface area contributed by atoms with E-state index in [-0.39, 0.29) is 11.9 Å². The first-order valence-corrected chi connectivity index (χ1v) is 10.6. The number of carbonyl (C=O) groups is 2. The Labute approximate surface area is 170 Å². The molecule has 0 saturated carbocycles.